The predicted molar refractivity (Wildman–Crippen MR) is 74.5 cm³/mol. The van der Waals surface area contributed by atoms with E-state index in [9.17, 15) is 4.79 Å². The van der Waals surface area contributed by atoms with Gasteiger partial charge in [-0.15, -0.1) is 0 Å². The largest absolute Gasteiger partial charge is 0.348 e. The van der Waals surface area contributed by atoms with E-state index in [0.29, 0.717) is 15.9 Å². The molecule has 0 unspecified atom stereocenters. The van der Waals surface area contributed by atoms with Crippen molar-refractivity contribution in [2.75, 3.05) is 18.0 Å². The van der Waals surface area contributed by atoms with Crippen molar-refractivity contribution in [1.82, 2.24) is 4.98 Å². The summed E-state index contributed by atoms with van der Waals surface area (Å²) in [7, 11) is 0. The zero-order valence-electron chi connectivity index (χ0n) is 10.6. The van der Waals surface area contributed by atoms with Crippen LogP contribution in [0.5, 0.6) is 0 Å². The molecule has 0 aliphatic heterocycles. The summed E-state index contributed by atoms with van der Waals surface area (Å²) in [5.41, 5.74) is 0. The van der Waals surface area contributed by atoms with E-state index >= 15 is 0 Å². The van der Waals surface area contributed by atoms with Gasteiger partial charge in [0.1, 0.15) is 4.88 Å². The second kappa shape index (κ2) is 6.97. The minimum atomic E-state index is 0.322. The van der Waals surface area contributed by atoms with E-state index in [0.717, 1.165) is 37.3 Å². The molecule has 0 bridgehead atoms. The van der Waals surface area contributed by atoms with Crippen molar-refractivity contribution in [3.05, 3.63) is 10.0 Å². The molecule has 1 heterocycles. The third kappa shape index (κ3) is 3.68. The number of carbonyl (C=O) groups is 1. The van der Waals surface area contributed by atoms with Gasteiger partial charge >= 0.3 is 0 Å². The second-order valence-electron chi connectivity index (χ2n) is 3.99. The van der Waals surface area contributed by atoms with E-state index < -0.39 is 0 Å². The highest BCUT2D eigenvalue weighted by molar-refractivity contribution is 7.17. The molecule has 1 aromatic heterocycles. The molecule has 1 rings (SSSR count). The zero-order valence-corrected chi connectivity index (χ0v) is 12.1. The highest BCUT2D eigenvalue weighted by Crippen LogP contribution is 2.29. The van der Waals surface area contributed by atoms with E-state index in [4.69, 9.17) is 11.6 Å². The van der Waals surface area contributed by atoms with Crippen LogP contribution in [0.4, 0.5) is 5.13 Å². The van der Waals surface area contributed by atoms with E-state index in [2.05, 4.69) is 30.7 Å². The number of aldehydes is 1. The van der Waals surface area contributed by atoms with Crippen molar-refractivity contribution in [3.8, 4) is 0 Å². The number of halogens is 1. The highest BCUT2D eigenvalue weighted by atomic mass is 35.5. The second-order valence-corrected chi connectivity index (χ2v) is 5.36. The minimum absolute atomic E-state index is 0.322. The normalized spacial score (nSPS) is 10.9. The summed E-state index contributed by atoms with van der Waals surface area (Å²) in [4.78, 5) is 17.7. The van der Waals surface area contributed by atoms with Gasteiger partial charge < -0.3 is 4.90 Å². The van der Waals surface area contributed by atoms with E-state index in [1.54, 1.807) is 0 Å². The number of hydrogen-bond acceptors (Lipinski definition) is 4. The lowest BCUT2D eigenvalue weighted by molar-refractivity contribution is 0.112. The van der Waals surface area contributed by atoms with Crippen LogP contribution in [0.1, 0.15) is 43.3 Å². The molecule has 3 nitrogen and oxygen atoms in total. The quantitative estimate of drug-likeness (QED) is 0.708. The number of thiazole rings is 1. The summed E-state index contributed by atoms with van der Waals surface area (Å²) >= 11 is 7.26. The number of rotatable bonds is 7. The molecular formula is C12H19ClN2OS. The van der Waals surface area contributed by atoms with Gasteiger partial charge in [-0.3, -0.25) is 4.79 Å². The van der Waals surface area contributed by atoms with Crippen molar-refractivity contribution < 1.29 is 4.79 Å². The summed E-state index contributed by atoms with van der Waals surface area (Å²) in [6.45, 7) is 8.36. The van der Waals surface area contributed by atoms with Crippen molar-refractivity contribution in [2.24, 2.45) is 5.92 Å². The fourth-order valence-corrected chi connectivity index (χ4v) is 2.85. The van der Waals surface area contributed by atoms with Gasteiger partial charge in [0.25, 0.3) is 0 Å². The number of aromatic nitrogens is 1. The Hall–Kier alpha value is -0.610. The van der Waals surface area contributed by atoms with Crippen LogP contribution in [0, 0.1) is 5.92 Å². The third-order valence-electron chi connectivity index (χ3n) is 2.99. The summed E-state index contributed by atoms with van der Waals surface area (Å²) in [5, 5.41) is 1.18. The SMILES string of the molecule is CCC(CC)CN(CC)c1nc(Cl)c(C=O)s1. The minimum Gasteiger partial charge on any atom is -0.348 e. The van der Waals surface area contributed by atoms with Gasteiger partial charge in [0, 0.05) is 13.1 Å². The molecular weight excluding hydrogens is 256 g/mol. The van der Waals surface area contributed by atoms with Gasteiger partial charge in [-0.1, -0.05) is 49.6 Å². The Balaban J connectivity index is 2.81. The van der Waals surface area contributed by atoms with Gasteiger partial charge in [-0.2, -0.15) is 0 Å². The summed E-state index contributed by atoms with van der Waals surface area (Å²) in [6.07, 6.45) is 3.09. The molecule has 0 aliphatic carbocycles. The molecule has 0 radical (unpaired) electrons. The van der Waals surface area contributed by atoms with Crippen molar-refractivity contribution in [2.45, 2.75) is 33.6 Å². The fourth-order valence-electron chi connectivity index (χ4n) is 1.71. The van der Waals surface area contributed by atoms with Gasteiger partial charge in [0.2, 0.25) is 0 Å². The van der Waals surface area contributed by atoms with Crippen LogP contribution < -0.4 is 4.90 Å². The first-order valence-electron chi connectivity index (χ1n) is 6.02. The number of hydrogen-bond donors (Lipinski definition) is 0. The van der Waals surface area contributed by atoms with Gasteiger partial charge in [0.05, 0.1) is 0 Å². The first-order valence-corrected chi connectivity index (χ1v) is 7.22. The molecule has 5 heteroatoms. The molecule has 17 heavy (non-hydrogen) atoms. The molecule has 96 valence electrons. The van der Waals surface area contributed by atoms with Crippen LogP contribution in [0.25, 0.3) is 0 Å². The van der Waals surface area contributed by atoms with E-state index in [1.807, 2.05) is 0 Å². The summed E-state index contributed by atoms with van der Waals surface area (Å²) in [5.74, 6) is 0.664. The smallest absolute Gasteiger partial charge is 0.187 e. The number of nitrogens with zero attached hydrogens (tertiary/aromatic N) is 2. The fraction of sp³-hybridized carbons (Fsp3) is 0.667. The highest BCUT2D eigenvalue weighted by Gasteiger charge is 2.16. The summed E-state index contributed by atoms with van der Waals surface area (Å²) < 4.78 is 0. The molecule has 1 aromatic rings. The topological polar surface area (TPSA) is 33.2 Å². The Labute approximate surface area is 112 Å². The Morgan fingerprint density at radius 1 is 1.41 bits per heavy atom. The lowest BCUT2D eigenvalue weighted by Gasteiger charge is -2.24. The third-order valence-corrected chi connectivity index (χ3v) is 4.43. The standard InChI is InChI=1S/C12H19ClN2OS/c1-4-9(5-2)7-15(6-3)12-14-11(13)10(8-16)17-12/h8-9H,4-7H2,1-3H3. The maximum atomic E-state index is 10.8. The Morgan fingerprint density at radius 3 is 2.47 bits per heavy atom. The molecule has 0 saturated carbocycles. The molecule has 0 amide bonds. The Bertz CT molecular complexity index is 363. The average Bonchev–Trinajstić information content (AvgIpc) is 2.72. The number of anilines is 1. The van der Waals surface area contributed by atoms with Crippen LogP contribution in [0.2, 0.25) is 5.15 Å². The lowest BCUT2D eigenvalue weighted by atomic mass is 10.0. The van der Waals surface area contributed by atoms with Crippen LogP contribution >= 0.6 is 22.9 Å². The predicted octanol–water partition coefficient (Wildman–Crippen LogP) is 3.87. The van der Waals surface area contributed by atoms with Crippen molar-refractivity contribution in [3.63, 3.8) is 0 Å². The Kier molecular flexibility index (Phi) is 5.92. The maximum absolute atomic E-state index is 10.8. The molecule has 0 N–H and O–H groups in total. The average molecular weight is 275 g/mol. The first kappa shape index (κ1) is 14.5. The monoisotopic (exact) mass is 274 g/mol. The van der Waals surface area contributed by atoms with Crippen LogP contribution in [-0.4, -0.2) is 24.4 Å². The first-order chi connectivity index (χ1) is 8.15. The lowest BCUT2D eigenvalue weighted by Crippen LogP contribution is -2.28. The van der Waals surface area contributed by atoms with E-state index in [1.165, 1.54) is 11.3 Å². The molecule has 0 saturated heterocycles. The van der Waals surface area contributed by atoms with Crippen LogP contribution in [-0.2, 0) is 0 Å². The van der Waals surface area contributed by atoms with Gasteiger partial charge in [-0.25, -0.2) is 4.98 Å². The van der Waals surface area contributed by atoms with Crippen molar-refractivity contribution in [1.29, 1.82) is 0 Å². The molecule has 0 atom stereocenters. The van der Waals surface area contributed by atoms with E-state index in [-0.39, 0.29) is 0 Å². The number of carbonyl (C=O) groups excluding carboxylic acids is 1. The summed E-state index contributed by atoms with van der Waals surface area (Å²) in [6, 6.07) is 0. The van der Waals surface area contributed by atoms with Crippen LogP contribution in [0.3, 0.4) is 0 Å². The molecule has 0 aromatic carbocycles. The van der Waals surface area contributed by atoms with Crippen LogP contribution in [0.15, 0.2) is 0 Å². The van der Waals surface area contributed by atoms with Gasteiger partial charge in [-0.05, 0) is 12.8 Å². The maximum Gasteiger partial charge on any atom is 0.187 e. The van der Waals surface area contributed by atoms with Gasteiger partial charge in [0.15, 0.2) is 16.6 Å². The Morgan fingerprint density at radius 2 is 2.06 bits per heavy atom. The van der Waals surface area contributed by atoms with Crippen molar-refractivity contribution >= 4 is 34.4 Å². The zero-order chi connectivity index (χ0) is 12.8. The molecule has 0 spiro atoms. The molecule has 0 fully saturated rings. The molecule has 0 aliphatic rings.